The Morgan fingerprint density at radius 3 is 2.49 bits per heavy atom. The van der Waals surface area contributed by atoms with E-state index in [4.69, 9.17) is 10.1 Å². The van der Waals surface area contributed by atoms with E-state index >= 15 is 0 Å². The summed E-state index contributed by atoms with van der Waals surface area (Å²) in [4.78, 5) is 18.4. The summed E-state index contributed by atoms with van der Waals surface area (Å²) in [7, 11) is 0. The maximum Gasteiger partial charge on any atom is 0.255 e. The molecule has 0 radical (unpaired) electrons. The monoisotopic (exact) mass is 507 g/mol. The van der Waals surface area contributed by atoms with Crippen LogP contribution < -0.4 is 10.6 Å². The fourth-order valence-corrected chi connectivity index (χ4v) is 5.12. The van der Waals surface area contributed by atoms with Gasteiger partial charge in [-0.2, -0.15) is 4.98 Å². The summed E-state index contributed by atoms with van der Waals surface area (Å²) in [6.07, 6.45) is 4.04. The Balaban J connectivity index is 1.46. The fraction of sp³-hybridized carbons (Fsp3) is 0.167. The highest BCUT2D eigenvalue weighted by molar-refractivity contribution is 7.98. The van der Waals surface area contributed by atoms with Crippen LogP contribution in [0.15, 0.2) is 101 Å². The third-order valence-electron chi connectivity index (χ3n) is 6.23. The molecule has 1 atom stereocenters. The van der Waals surface area contributed by atoms with Gasteiger partial charge in [0.05, 0.1) is 5.57 Å². The first-order valence-corrected chi connectivity index (χ1v) is 13.2. The molecule has 2 heterocycles. The lowest BCUT2D eigenvalue weighted by atomic mass is 10.0. The number of anilines is 2. The van der Waals surface area contributed by atoms with Gasteiger partial charge < -0.3 is 10.6 Å². The summed E-state index contributed by atoms with van der Waals surface area (Å²) in [5.74, 6) is 1.22. The van der Waals surface area contributed by atoms with Gasteiger partial charge in [0.25, 0.3) is 5.91 Å². The van der Waals surface area contributed by atoms with E-state index in [-0.39, 0.29) is 5.91 Å². The number of carbonyl (C=O) groups is 1. The van der Waals surface area contributed by atoms with Crippen molar-refractivity contribution in [1.29, 1.82) is 0 Å². The molecular weight excluding hydrogens is 478 g/mol. The second-order valence-electron chi connectivity index (χ2n) is 9.09. The maximum absolute atomic E-state index is 13.7. The molecule has 7 heteroatoms. The Hall–Kier alpha value is -4.10. The second kappa shape index (κ2) is 10.9. The molecule has 1 unspecified atom stereocenters. The number of allylic oxidation sites excluding steroid dienone is 2. The minimum absolute atomic E-state index is 0.167. The lowest BCUT2D eigenvalue weighted by molar-refractivity contribution is -0.113. The number of aromatic nitrogens is 3. The maximum atomic E-state index is 13.7. The van der Waals surface area contributed by atoms with Gasteiger partial charge in [-0.15, -0.1) is 5.10 Å². The molecule has 0 saturated carbocycles. The number of aryl methyl sites for hydroxylation is 2. The molecular formula is C30H29N5OS. The van der Waals surface area contributed by atoms with Crippen molar-refractivity contribution >= 4 is 35.4 Å². The Morgan fingerprint density at radius 2 is 1.76 bits per heavy atom. The van der Waals surface area contributed by atoms with E-state index in [0.717, 1.165) is 33.8 Å². The summed E-state index contributed by atoms with van der Waals surface area (Å²) in [5.41, 5.74) is 6.58. The SMILES string of the molecule is CC1=C(C(=O)Nc2ccc(C)cc2C)C(/C=C/c2ccccc2)n2nc(SCc3ccccc3)nc2N1. The van der Waals surface area contributed by atoms with E-state index in [2.05, 4.69) is 28.8 Å². The summed E-state index contributed by atoms with van der Waals surface area (Å²) in [6, 6.07) is 25.9. The van der Waals surface area contributed by atoms with E-state index < -0.39 is 6.04 Å². The van der Waals surface area contributed by atoms with Crippen LogP contribution in [0.1, 0.15) is 35.2 Å². The minimum Gasteiger partial charge on any atom is -0.328 e. The molecule has 0 aliphatic carbocycles. The smallest absolute Gasteiger partial charge is 0.255 e. The van der Waals surface area contributed by atoms with Crippen molar-refractivity contribution in [3.63, 3.8) is 0 Å². The third-order valence-corrected chi connectivity index (χ3v) is 7.14. The topological polar surface area (TPSA) is 71.8 Å². The molecule has 4 aromatic rings. The number of amides is 1. The van der Waals surface area contributed by atoms with Crippen LogP contribution in [0.2, 0.25) is 0 Å². The van der Waals surface area contributed by atoms with Crippen molar-refractivity contribution in [2.24, 2.45) is 0 Å². The highest BCUT2D eigenvalue weighted by Gasteiger charge is 2.31. The highest BCUT2D eigenvalue weighted by atomic mass is 32.2. The number of fused-ring (bicyclic) bond motifs is 1. The first-order chi connectivity index (χ1) is 18.0. The van der Waals surface area contributed by atoms with Crippen molar-refractivity contribution in [1.82, 2.24) is 14.8 Å². The number of rotatable bonds is 7. The van der Waals surface area contributed by atoms with E-state index in [1.165, 1.54) is 5.56 Å². The summed E-state index contributed by atoms with van der Waals surface area (Å²) in [6.45, 7) is 5.96. The van der Waals surface area contributed by atoms with Crippen molar-refractivity contribution in [2.45, 2.75) is 37.7 Å². The molecule has 1 aromatic heterocycles. The van der Waals surface area contributed by atoms with Crippen molar-refractivity contribution in [2.75, 3.05) is 10.6 Å². The average molecular weight is 508 g/mol. The molecule has 5 rings (SSSR count). The molecule has 1 amide bonds. The van der Waals surface area contributed by atoms with Crippen LogP contribution in [0.25, 0.3) is 6.08 Å². The van der Waals surface area contributed by atoms with E-state index in [9.17, 15) is 4.79 Å². The van der Waals surface area contributed by atoms with Crippen LogP contribution in [-0.2, 0) is 10.5 Å². The number of hydrogen-bond acceptors (Lipinski definition) is 5. The van der Waals surface area contributed by atoms with E-state index in [1.807, 2.05) is 93.6 Å². The minimum atomic E-state index is -0.416. The molecule has 0 spiro atoms. The van der Waals surface area contributed by atoms with Gasteiger partial charge >= 0.3 is 0 Å². The molecule has 0 fully saturated rings. The highest BCUT2D eigenvalue weighted by Crippen LogP contribution is 2.34. The van der Waals surface area contributed by atoms with Crippen LogP contribution in [0.4, 0.5) is 11.6 Å². The Kier molecular flexibility index (Phi) is 7.23. The largest absolute Gasteiger partial charge is 0.328 e. The average Bonchev–Trinajstić information content (AvgIpc) is 3.31. The van der Waals surface area contributed by atoms with Gasteiger partial charge in [0.2, 0.25) is 11.1 Å². The summed E-state index contributed by atoms with van der Waals surface area (Å²) < 4.78 is 1.80. The number of benzene rings is 3. The fourth-order valence-electron chi connectivity index (χ4n) is 4.34. The third kappa shape index (κ3) is 5.67. The lowest BCUT2D eigenvalue weighted by Gasteiger charge is -2.26. The summed E-state index contributed by atoms with van der Waals surface area (Å²) >= 11 is 1.57. The number of hydrogen-bond donors (Lipinski definition) is 2. The zero-order valence-corrected chi connectivity index (χ0v) is 21.9. The molecule has 0 bridgehead atoms. The molecule has 1 aliphatic heterocycles. The van der Waals surface area contributed by atoms with Crippen LogP contribution in [-0.4, -0.2) is 20.7 Å². The molecule has 1 aliphatic rings. The van der Waals surface area contributed by atoms with Crippen molar-refractivity contribution in [3.8, 4) is 0 Å². The van der Waals surface area contributed by atoms with Crippen molar-refractivity contribution < 1.29 is 4.79 Å². The number of nitrogens with one attached hydrogen (secondary N) is 2. The van der Waals surface area contributed by atoms with Crippen LogP contribution in [0.5, 0.6) is 0 Å². The molecule has 2 N–H and O–H groups in total. The molecule has 3 aromatic carbocycles. The zero-order valence-electron chi connectivity index (χ0n) is 21.1. The molecule has 37 heavy (non-hydrogen) atoms. The first kappa shape index (κ1) is 24.6. The van der Waals surface area contributed by atoms with Gasteiger partial charge in [-0.25, -0.2) is 4.68 Å². The second-order valence-corrected chi connectivity index (χ2v) is 10.0. The van der Waals surface area contributed by atoms with Crippen LogP contribution >= 0.6 is 11.8 Å². The number of nitrogens with zero attached hydrogens (tertiary/aromatic N) is 3. The van der Waals surface area contributed by atoms with Gasteiger partial charge in [0, 0.05) is 17.1 Å². The zero-order chi connectivity index (χ0) is 25.8. The quantitative estimate of drug-likeness (QED) is 0.270. The molecule has 186 valence electrons. The normalized spacial score (nSPS) is 14.9. The predicted molar refractivity (Wildman–Crippen MR) is 151 cm³/mol. The van der Waals surface area contributed by atoms with Gasteiger partial charge in [-0.05, 0) is 43.5 Å². The Morgan fingerprint density at radius 1 is 1.03 bits per heavy atom. The van der Waals surface area contributed by atoms with Crippen LogP contribution in [0, 0.1) is 13.8 Å². The number of thioether (sulfide) groups is 1. The van der Waals surface area contributed by atoms with E-state index in [1.54, 1.807) is 16.4 Å². The molecule has 6 nitrogen and oxygen atoms in total. The van der Waals surface area contributed by atoms with Gasteiger partial charge in [-0.1, -0.05) is 102 Å². The molecule has 0 saturated heterocycles. The van der Waals surface area contributed by atoms with Gasteiger partial charge in [0.15, 0.2) is 0 Å². The lowest BCUT2D eigenvalue weighted by Crippen LogP contribution is -2.30. The van der Waals surface area contributed by atoms with Gasteiger partial charge in [-0.3, -0.25) is 4.79 Å². The predicted octanol–water partition coefficient (Wildman–Crippen LogP) is 6.78. The Labute approximate surface area is 221 Å². The number of carbonyl (C=O) groups excluding carboxylic acids is 1. The van der Waals surface area contributed by atoms with Crippen LogP contribution in [0.3, 0.4) is 0 Å². The Bertz CT molecular complexity index is 1470. The van der Waals surface area contributed by atoms with Gasteiger partial charge in [0.1, 0.15) is 6.04 Å². The standard InChI is InChI=1S/C30H29N5OS/c1-20-14-16-25(21(2)18-20)32-28(36)27-22(3)31-29-33-30(37-19-24-12-8-5-9-13-24)34-35(29)26(27)17-15-23-10-6-4-7-11-23/h4-18,26H,19H2,1-3H3,(H,32,36)(H,31,33,34)/b17-15+. The first-order valence-electron chi connectivity index (χ1n) is 12.2. The summed E-state index contributed by atoms with van der Waals surface area (Å²) in [5, 5.41) is 11.9. The van der Waals surface area contributed by atoms with E-state index in [0.29, 0.717) is 16.7 Å². The van der Waals surface area contributed by atoms with Crippen molar-refractivity contribution in [3.05, 3.63) is 118 Å².